The summed E-state index contributed by atoms with van der Waals surface area (Å²) in [6.45, 7) is 4.05. The Morgan fingerprint density at radius 2 is 2.50 bits per heavy atom. The van der Waals surface area contributed by atoms with E-state index in [-0.39, 0.29) is 23.4 Å². The lowest BCUT2D eigenvalue weighted by Crippen LogP contribution is -2.50. The molecule has 0 aromatic carbocycles. The molecule has 3 nitrogen and oxygen atoms in total. The third kappa shape index (κ3) is 2.75. The number of rotatable bonds is 4. The van der Waals surface area contributed by atoms with E-state index in [9.17, 15) is 4.79 Å². The van der Waals surface area contributed by atoms with E-state index in [1.165, 1.54) is 5.56 Å². The van der Waals surface area contributed by atoms with E-state index in [2.05, 4.69) is 29.1 Å². The molecule has 4 heteroatoms. The molecule has 3 N–H and O–H groups in total. The summed E-state index contributed by atoms with van der Waals surface area (Å²) in [5.41, 5.74) is 6.98. The quantitative estimate of drug-likeness (QED) is 0.878. The summed E-state index contributed by atoms with van der Waals surface area (Å²) in [6, 6.07) is 2.28. The Bertz CT molecular complexity index is 404. The summed E-state index contributed by atoms with van der Waals surface area (Å²) in [5.74, 6) is 0.121. The van der Waals surface area contributed by atoms with Crippen LogP contribution in [0.1, 0.15) is 38.7 Å². The summed E-state index contributed by atoms with van der Waals surface area (Å²) in [5, 5.41) is 7.31. The number of hydrogen-bond acceptors (Lipinski definition) is 3. The largest absolute Gasteiger partial charge is 0.353 e. The van der Waals surface area contributed by atoms with E-state index < -0.39 is 0 Å². The van der Waals surface area contributed by atoms with E-state index in [0.717, 1.165) is 25.7 Å². The topological polar surface area (TPSA) is 55.1 Å². The summed E-state index contributed by atoms with van der Waals surface area (Å²) >= 11 is 1.69. The summed E-state index contributed by atoms with van der Waals surface area (Å²) < 4.78 is 0. The molecule has 18 heavy (non-hydrogen) atoms. The molecule has 1 aromatic heterocycles. The fourth-order valence-electron chi connectivity index (χ4n) is 2.68. The van der Waals surface area contributed by atoms with Crippen LogP contribution in [0.5, 0.6) is 0 Å². The van der Waals surface area contributed by atoms with Gasteiger partial charge in [0.25, 0.3) is 0 Å². The Morgan fingerprint density at radius 1 is 1.72 bits per heavy atom. The maximum atomic E-state index is 12.3. The number of nitrogens with two attached hydrogens (primary N) is 1. The first-order valence-corrected chi connectivity index (χ1v) is 7.54. The van der Waals surface area contributed by atoms with Gasteiger partial charge >= 0.3 is 0 Å². The van der Waals surface area contributed by atoms with Gasteiger partial charge in [0.05, 0.1) is 5.41 Å². The predicted octanol–water partition coefficient (Wildman–Crippen LogP) is 2.31. The normalized spacial score (nSPS) is 29.2. The van der Waals surface area contributed by atoms with Crippen LogP contribution in [-0.4, -0.2) is 18.0 Å². The molecular weight excluding hydrogens is 244 g/mol. The van der Waals surface area contributed by atoms with Crippen LogP contribution in [0.15, 0.2) is 16.8 Å². The minimum atomic E-state index is -0.372. The Labute approximate surface area is 113 Å². The van der Waals surface area contributed by atoms with Crippen LogP contribution in [0.2, 0.25) is 0 Å². The van der Waals surface area contributed by atoms with Gasteiger partial charge < -0.3 is 11.1 Å². The van der Waals surface area contributed by atoms with Crippen LogP contribution >= 0.6 is 11.3 Å². The van der Waals surface area contributed by atoms with E-state index in [1.54, 1.807) is 11.3 Å². The second kappa shape index (κ2) is 5.41. The first kappa shape index (κ1) is 13.6. The molecule has 0 aliphatic heterocycles. The molecule has 3 atom stereocenters. The monoisotopic (exact) mass is 266 g/mol. The van der Waals surface area contributed by atoms with Crippen molar-refractivity contribution in [3.63, 3.8) is 0 Å². The van der Waals surface area contributed by atoms with E-state index in [1.807, 2.05) is 6.92 Å². The highest BCUT2D eigenvalue weighted by molar-refractivity contribution is 7.07. The minimum Gasteiger partial charge on any atom is -0.353 e. The number of amides is 1. The lowest BCUT2D eigenvalue weighted by Gasteiger charge is -2.29. The fourth-order valence-corrected chi connectivity index (χ4v) is 3.36. The zero-order valence-corrected chi connectivity index (χ0v) is 11.9. The molecule has 0 saturated heterocycles. The fraction of sp³-hybridized carbons (Fsp3) is 0.643. The van der Waals surface area contributed by atoms with Crippen molar-refractivity contribution in [2.24, 2.45) is 11.1 Å². The average Bonchev–Trinajstić information content (AvgIpc) is 2.91. The second-order valence-electron chi connectivity index (χ2n) is 5.63. The second-order valence-corrected chi connectivity index (χ2v) is 6.41. The van der Waals surface area contributed by atoms with Crippen LogP contribution in [0.4, 0.5) is 0 Å². The molecule has 1 aliphatic carbocycles. The van der Waals surface area contributed by atoms with Gasteiger partial charge in [-0.05, 0) is 55.5 Å². The maximum Gasteiger partial charge on any atom is 0.227 e. The predicted molar refractivity (Wildman–Crippen MR) is 75.6 cm³/mol. The van der Waals surface area contributed by atoms with Crippen molar-refractivity contribution in [2.45, 2.75) is 51.6 Å². The molecule has 3 unspecified atom stereocenters. The number of hydrogen-bond donors (Lipinski definition) is 2. The summed E-state index contributed by atoms with van der Waals surface area (Å²) in [7, 11) is 0. The highest BCUT2D eigenvalue weighted by Crippen LogP contribution is 2.36. The van der Waals surface area contributed by atoms with E-state index in [0.29, 0.717) is 0 Å². The third-order valence-electron chi connectivity index (χ3n) is 4.05. The molecule has 1 amide bonds. The molecule has 1 aliphatic rings. The Balaban J connectivity index is 1.91. The lowest BCUT2D eigenvalue weighted by molar-refractivity contribution is -0.131. The van der Waals surface area contributed by atoms with Crippen molar-refractivity contribution in [1.82, 2.24) is 5.32 Å². The third-order valence-corrected chi connectivity index (χ3v) is 4.78. The molecule has 1 fully saturated rings. The van der Waals surface area contributed by atoms with E-state index in [4.69, 9.17) is 5.73 Å². The summed E-state index contributed by atoms with van der Waals surface area (Å²) in [4.78, 5) is 12.3. The lowest BCUT2D eigenvalue weighted by atomic mass is 9.84. The van der Waals surface area contributed by atoms with Gasteiger partial charge in [0, 0.05) is 12.1 Å². The Kier molecular flexibility index (Phi) is 4.07. The minimum absolute atomic E-state index is 0.00541. The summed E-state index contributed by atoms with van der Waals surface area (Å²) in [6.07, 6.45) is 3.82. The van der Waals surface area contributed by atoms with Gasteiger partial charge in [-0.1, -0.05) is 6.42 Å². The molecule has 100 valence electrons. The van der Waals surface area contributed by atoms with Crippen LogP contribution in [0.3, 0.4) is 0 Å². The van der Waals surface area contributed by atoms with Gasteiger partial charge in [-0.25, -0.2) is 0 Å². The Hall–Kier alpha value is -0.870. The maximum absolute atomic E-state index is 12.3. The van der Waals surface area contributed by atoms with Crippen LogP contribution in [-0.2, 0) is 11.2 Å². The van der Waals surface area contributed by atoms with Crippen molar-refractivity contribution in [3.05, 3.63) is 22.4 Å². The van der Waals surface area contributed by atoms with Crippen molar-refractivity contribution in [3.8, 4) is 0 Å². The van der Waals surface area contributed by atoms with Gasteiger partial charge in [0.15, 0.2) is 0 Å². The zero-order chi connectivity index (χ0) is 13.2. The molecule has 2 rings (SSSR count). The van der Waals surface area contributed by atoms with Crippen molar-refractivity contribution >= 4 is 17.2 Å². The van der Waals surface area contributed by atoms with Gasteiger partial charge in [-0.2, -0.15) is 11.3 Å². The van der Waals surface area contributed by atoms with Crippen LogP contribution in [0.25, 0.3) is 0 Å². The molecular formula is C14H22N2OS. The molecule has 0 bridgehead atoms. The van der Waals surface area contributed by atoms with Gasteiger partial charge in [-0.15, -0.1) is 0 Å². The Morgan fingerprint density at radius 3 is 3.06 bits per heavy atom. The van der Waals surface area contributed by atoms with Gasteiger partial charge in [0.2, 0.25) is 5.91 Å². The van der Waals surface area contributed by atoms with E-state index >= 15 is 0 Å². The molecule has 0 radical (unpaired) electrons. The molecule has 0 spiro atoms. The van der Waals surface area contributed by atoms with Crippen molar-refractivity contribution in [2.75, 3.05) is 0 Å². The van der Waals surface area contributed by atoms with Crippen molar-refractivity contribution < 1.29 is 4.79 Å². The smallest absolute Gasteiger partial charge is 0.227 e. The van der Waals surface area contributed by atoms with Crippen LogP contribution in [0, 0.1) is 5.41 Å². The number of thiophene rings is 1. The van der Waals surface area contributed by atoms with Crippen LogP contribution < -0.4 is 11.1 Å². The highest BCUT2D eigenvalue weighted by Gasteiger charge is 2.43. The molecule has 1 saturated carbocycles. The molecule has 1 aromatic rings. The van der Waals surface area contributed by atoms with Gasteiger partial charge in [0.1, 0.15) is 0 Å². The molecule has 1 heterocycles. The number of nitrogens with one attached hydrogen (secondary N) is 1. The zero-order valence-electron chi connectivity index (χ0n) is 11.1. The SMILES string of the molecule is CC(Cc1ccsc1)NC(=O)C1(C)CCCC1N. The number of carbonyl (C=O) groups excluding carboxylic acids is 1. The number of carbonyl (C=O) groups is 1. The standard InChI is InChI=1S/C14H22N2OS/c1-10(8-11-5-7-18-9-11)16-13(17)14(2)6-3-4-12(14)15/h5,7,9-10,12H,3-4,6,8,15H2,1-2H3,(H,16,17). The first-order valence-electron chi connectivity index (χ1n) is 6.60. The average molecular weight is 266 g/mol. The van der Waals surface area contributed by atoms with Crippen molar-refractivity contribution in [1.29, 1.82) is 0 Å². The van der Waals surface area contributed by atoms with Gasteiger partial charge in [-0.3, -0.25) is 4.79 Å². The highest BCUT2D eigenvalue weighted by atomic mass is 32.1. The first-order chi connectivity index (χ1) is 8.52.